The van der Waals surface area contributed by atoms with Crippen molar-refractivity contribution < 1.29 is 9.59 Å². The predicted molar refractivity (Wildman–Crippen MR) is 84.0 cm³/mol. The van der Waals surface area contributed by atoms with Gasteiger partial charge in [0.1, 0.15) is 0 Å². The second-order valence-corrected chi connectivity index (χ2v) is 5.79. The molecule has 2 rings (SSSR count). The van der Waals surface area contributed by atoms with E-state index in [1.807, 2.05) is 37.4 Å². The Kier molecular flexibility index (Phi) is 4.99. The van der Waals surface area contributed by atoms with E-state index in [-0.39, 0.29) is 23.7 Å². The van der Waals surface area contributed by atoms with Crippen molar-refractivity contribution in [3.05, 3.63) is 30.3 Å². The van der Waals surface area contributed by atoms with Crippen LogP contribution < -0.4 is 4.90 Å². The van der Waals surface area contributed by atoms with E-state index in [9.17, 15) is 9.59 Å². The predicted octanol–water partition coefficient (Wildman–Crippen LogP) is 2.54. The van der Waals surface area contributed by atoms with E-state index in [0.717, 1.165) is 25.1 Å². The Labute approximate surface area is 126 Å². The summed E-state index contributed by atoms with van der Waals surface area (Å²) in [4.78, 5) is 28.1. The molecular weight excluding hydrogens is 264 g/mol. The summed E-state index contributed by atoms with van der Waals surface area (Å²) in [5.74, 6) is -0.107. The van der Waals surface area contributed by atoms with Crippen molar-refractivity contribution >= 4 is 17.5 Å². The summed E-state index contributed by atoms with van der Waals surface area (Å²) in [5.41, 5.74) is 0.875. The van der Waals surface area contributed by atoms with Gasteiger partial charge in [0.25, 0.3) is 0 Å². The maximum atomic E-state index is 12.4. The van der Waals surface area contributed by atoms with Crippen LogP contribution in [0.15, 0.2) is 30.3 Å². The first kappa shape index (κ1) is 15.5. The molecule has 1 saturated carbocycles. The largest absolute Gasteiger partial charge is 0.346 e. The maximum absolute atomic E-state index is 12.4. The highest BCUT2D eigenvalue weighted by Crippen LogP contribution is 2.41. The number of hydrogen-bond acceptors (Lipinski definition) is 2. The van der Waals surface area contributed by atoms with Crippen molar-refractivity contribution in [1.82, 2.24) is 4.90 Å². The Morgan fingerprint density at radius 1 is 1.10 bits per heavy atom. The summed E-state index contributed by atoms with van der Waals surface area (Å²) >= 11 is 0. The van der Waals surface area contributed by atoms with Crippen LogP contribution in [0.5, 0.6) is 0 Å². The molecule has 0 aliphatic heterocycles. The average Bonchev–Trinajstić information content (AvgIpc) is 3.31. The molecule has 1 aromatic carbocycles. The van der Waals surface area contributed by atoms with Crippen LogP contribution in [0.2, 0.25) is 0 Å². The van der Waals surface area contributed by atoms with Crippen LogP contribution in [0, 0.1) is 11.8 Å². The number of rotatable bonds is 6. The first-order valence-electron chi connectivity index (χ1n) is 7.63. The van der Waals surface area contributed by atoms with Gasteiger partial charge in [0.2, 0.25) is 11.8 Å². The van der Waals surface area contributed by atoms with Gasteiger partial charge >= 0.3 is 0 Å². The lowest BCUT2D eigenvalue weighted by Gasteiger charge is -2.19. The van der Waals surface area contributed by atoms with E-state index in [4.69, 9.17) is 0 Å². The lowest BCUT2D eigenvalue weighted by Crippen LogP contribution is -2.33. The second-order valence-electron chi connectivity index (χ2n) is 5.79. The maximum Gasteiger partial charge on any atom is 0.230 e. The second kappa shape index (κ2) is 6.74. The summed E-state index contributed by atoms with van der Waals surface area (Å²) in [6, 6.07) is 9.56. The molecule has 4 heteroatoms. The summed E-state index contributed by atoms with van der Waals surface area (Å²) in [5, 5.41) is 0. The zero-order valence-electron chi connectivity index (χ0n) is 13.1. The molecule has 2 atom stereocenters. The molecule has 0 saturated heterocycles. The van der Waals surface area contributed by atoms with Gasteiger partial charge in [0, 0.05) is 26.3 Å². The Hall–Kier alpha value is -1.84. The molecule has 114 valence electrons. The standard InChI is InChI=1S/C17H24N2O2/c1-4-5-11-18(2)16(20)14-12-15(14)17(21)19(3)13-9-7-6-8-10-13/h6-10,14-15H,4-5,11-12H2,1-3H3. The van der Waals surface area contributed by atoms with Gasteiger partial charge < -0.3 is 9.80 Å². The Balaban J connectivity index is 1.90. The quantitative estimate of drug-likeness (QED) is 0.807. The first-order valence-corrected chi connectivity index (χ1v) is 7.63. The number of nitrogens with zero attached hydrogens (tertiary/aromatic N) is 2. The zero-order valence-corrected chi connectivity index (χ0v) is 13.1. The fourth-order valence-corrected chi connectivity index (χ4v) is 2.56. The van der Waals surface area contributed by atoms with Gasteiger partial charge in [0.15, 0.2) is 0 Å². The molecule has 0 bridgehead atoms. The minimum Gasteiger partial charge on any atom is -0.346 e. The van der Waals surface area contributed by atoms with Crippen molar-refractivity contribution in [2.24, 2.45) is 11.8 Å². The summed E-state index contributed by atoms with van der Waals surface area (Å²) in [6.45, 7) is 2.89. The molecule has 1 fully saturated rings. The molecule has 1 aromatic rings. The highest BCUT2D eigenvalue weighted by atomic mass is 16.2. The summed E-state index contributed by atoms with van der Waals surface area (Å²) in [6.07, 6.45) is 2.77. The van der Waals surface area contributed by atoms with Crippen LogP contribution in [0.1, 0.15) is 26.2 Å². The molecule has 0 radical (unpaired) electrons. The molecule has 1 aliphatic rings. The molecule has 4 nitrogen and oxygen atoms in total. The van der Waals surface area contributed by atoms with E-state index in [1.54, 1.807) is 16.8 Å². The van der Waals surface area contributed by atoms with Crippen molar-refractivity contribution in [1.29, 1.82) is 0 Å². The lowest BCUT2D eigenvalue weighted by atomic mass is 10.2. The third-order valence-electron chi connectivity index (χ3n) is 4.12. The molecule has 2 amide bonds. The Morgan fingerprint density at radius 2 is 1.71 bits per heavy atom. The minimum atomic E-state index is -0.146. The van der Waals surface area contributed by atoms with Crippen molar-refractivity contribution in [2.45, 2.75) is 26.2 Å². The van der Waals surface area contributed by atoms with Gasteiger partial charge in [-0.2, -0.15) is 0 Å². The van der Waals surface area contributed by atoms with Gasteiger partial charge in [-0.25, -0.2) is 0 Å². The van der Waals surface area contributed by atoms with Crippen LogP contribution in [-0.4, -0.2) is 37.4 Å². The SMILES string of the molecule is CCCCN(C)C(=O)C1CC1C(=O)N(C)c1ccccc1. The van der Waals surface area contributed by atoms with Gasteiger partial charge in [-0.15, -0.1) is 0 Å². The van der Waals surface area contributed by atoms with Gasteiger partial charge in [-0.3, -0.25) is 9.59 Å². The fraction of sp³-hybridized carbons (Fsp3) is 0.529. The van der Waals surface area contributed by atoms with Gasteiger partial charge in [0.05, 0.1) is 11.8 Å². The molecule has 0 spiro atoms. The van der Waals surface area contributed by atoms with E-state index in [1.165, 1.54) is 0 Å². The number of carbonyl (C=O) groups is 2. The third-order valence-corrected chi connectivity index (χ3v) is 4.12. The van der Waals surface area contributed by atoms with Gasteiger partial charge in [-0.1, -0.05) is 31.5 Å². The van der Waals surface area contributed by atoms with Crippen molar-refractivity contribution in [2.75, 3.05) is 25.5 Å². The van der Waals surface area contributed by atoms with Crippen LogP contribution in [0.4, 0.5) is 5.69 Å². The number of carbonyl (C=O) groups excluding carboxylic acids is 2. The summed E-state index contributed by atoms with van der Waals surface area (Å²) < 4.78 is 0. The highest BCUT2D eigenvalue weighted by Gasteiger charge is 2.50. The monoisotopic (exact) mass is 288 g/mol. The number of anilines is 1. The average molecular weight is 288 g/mol. The molecule has 1 aliphatic carbocycles. The topological polar surface area (TPSA) is 40.6 Å². The molecule has 0 N–H and O–H groups in total. The smallest absolute Gasteiger partial charge is 0.230 e. The Morgan fingerprint density at radius 3 is 2.33 bits per heavy atom. The molecule has 2 unspecified atom stereocenters. The minimum absolute atomic E-state index is 0.0449. The normalized spacial score (nSPS) is 20.0. The van der Waals surface area contributed by atoms with Crippen molar-refractivity contribution in [3.8, 4) is 0 Å². The summed E-state index contributed by atoms with van der Waals surface area (Å²) in [7, 11) is 3.61. The third kappa shape index (κ3) is 3.63. The lowest BCUT2D eigenvalue weighted by molar-refractivity contribution is -0.133. The first-order chi connectivity index (χ1) is 10.1. The Bertz CT molecular complexity index is 501. The highest BCUT2D eigenvalue weighted by molar-refractivity contribution is 6.00. The van der Waals surface area contributed by atoms with Crippen LogP contribution in [0.25, 0.3) is 0 Å². The van der Waals surface area contributed by atoms with Crippen molar-refractivity contribution in [3.63, 3.8) is 0 Å². The zero-order chi connectivity index (χ0) is 15.4. The number of hydrogen-bond donors (Lipinski definition) is 0. The van der Waals surface area contributed by atoms with E-state index < -0.39 is 0 Å². The van der Waals surface area contributed by atoms with E-state index >= 15 is 0 Å². The number of benzene rings is 1. The van der Waals surface area contributed by atoms with E-state index in [0.29, 0.717) is 6.42 Å². The molecular formula is C17H24N2O2. The number of para-hydroxylation sites is 1. The molecule has 0 heterocycles. The number of unbranched alkanes of at least 4 members (excludes halogenated alkanes) is 1. The van der Waals surface area contributed by atoms with Gasteiger partial charge in [-0.05, 0) is 25.0 Å². The number of amides is 2. The molecule has 0 aromatic heterocycles. The van der Waals surface area contributed by atoms with Crippen LogP contribution in [0.3, 0.4) is 0 Å². The molecule has 21 heavy (non-hydrogen) atoms. The van der Waals surface area contributed by atoms with Crippen LogP contribution >= 0.6 is 0 Å². The fourth-order valence-electron chi connectivity index (χ4n) is 2.56. The van der Waals surface area contributed by atoms with Crippen LogP contribution in [-0.2, 0) is 9.59 Å². The van der Waals surface area contributed by atoms with E-state index in [2.05, 4.69) is 6.92 Å².